The van der Waals surface area contributed by atoms with Crippen LogP contribution in [0.15, 0.2) is 12.1 Å². The molecule has 0 aromatic heterocycles. The van der Waals surface area contributed by atoms with Gasteiger partial charge >= 0.3 is 0 Å². The lowest BCUT2D eigenvalue weighted by molar-refractivity contribution is -0.00191. The summed E-state index contributed by atoms with van der Waals surface area (Å²) < 4.78 is 27.6. The molecule has 0 heterocycles. The Kier molecular flexibility index (Phi) is 3.01. The van der Waals surface area contributed by atoms with Gasteiger partial charge in [0.05, 0.1) is 0 Å². The van der Waals surface area contributed by atoms with Gasteiger partial charge in [-0.05, 0) is 41.0 Å². The lowest BCUT2D eigenvalue weighted by atomic mass is 9.89. The predicted octanol–water partition coefficient (Wildman–Crippen LogP) is 4.97. The van der Waals surface area contributed by atoms with Crippen LogP contribution in [0.1, 0.15) is 68.2 Å². The van der Waals surface area contributed by atoms with Gasteiger partial charge in [-0.2, -0.15) is 0 Å². The van der Waals surface area contributed by atoms with E-state index in [4.69, 9.17) is 0 Å². The Morgan fingerprint density at radius 2 is 1.71 bits per heavy atom. The van der Waals surface area contributed by atoms with Gasteiger partial charge in [0.2, 0.25) is 0 Å². The average Bonchev–Trinajstić information content (AvgIpc) is 2.53. The molecular weight excluding hydrogens is 218 g/mol. The molecule has 0 amide bonds. The van der Waals surface area contributed by atoms with E-state index in [0.717, 1.165) is 16.7 Å². The van der Waals surface area contributed by atoms with Crippen molar-refractivity contribution in [3.63, 3.8) is 0 Å². The van der Waals surface area contributed by atoms with E-state index in [9.17, 15) is 8.78 Å². The Morgan fingerprint density at radius 1 is 1.06 bits per heavy atom. The highest BCUT2D eigenvalue weighted by Gasteiger charge is 2.40. The van der Waals surface area contributed by atoms with E-state index >= 15 is 0 Å². The van der Waals surface area contributed by atoms with Gasteiger partial charge in [0, 0.05) is 12.0 Å². The van der Waals surface area contributed by atoms with Crippen LogP contribution in [0.5, 0.6) is 0 Å². The average molecular weight is 238 g/mol. The highest BCUT2D eigenvalue weighted by Crippen LogP contribution is 2.45. The monoisotopic (exact) mass is 238 g/mol. The maximum Gasteiger partial charge on any atom is 0.273 e. The summed E-state index contributed by atoms with van der Waals surface area (Å²) in [6.45, 7) is 8.27. The van der Waals surface area contributed by atoms with Gasteiger partial charge in [-0.15, -0.1) is 0 Å². The molecule has 1 aromatic rings. The van der Waals surface area contributed by atoms with Gasteiger partial charge < -0.3 is 0 Å². The molecule has 0 radical (unpaired) electrons. The molecule has 1 aliphatic rings. The van der Waals surface area contributed by atoms with E-state index < -0.39 is 5.92 Å². The van der Waals surface area contributed by atoms with Crippen molar-refractivity contribution in [1.82, 2.24) is 0 Å². The molecule has 0 saturated heterocycles. The Bertz CT molecular complexity index is 431. The van der Waals surface area contributed by atoms with Crippen molar-refractivity contribution >= 4 is 0 Å². The zero-order valence-corrected chi connectivity index (χ0v) is 11.0. The van der Waals surface area contributed by atoms with Crippen molar-refractivity contribution in [2.75, 3.05) is 0 Å². The molecule has 0 spiro atoms. The molecule has 0 nitrogen and oxygen atoms in total. The Labute approximate surface area is 102 Å². The summed E-state index contributed by atoms with van der Waals surface area (Å²) in [5.41, 5.74) is 3.33. The van der Waals surface area contributed by atoms with Crippen LogP contribution >= 0.6 is 0 Å². The van der Waals surface area contributed by atoms with Crippen LogP contribution in [0.3, 0.4) is 0 Å². The number of benzene rings is 1. The lowest BCUT2D eigenvalue weighted by Gasteiger charge is -2.18. The summed E-state index contributed by atoms with van der Waals surface area (Å²) in [4.78, 5) is 0. The zero-order chi connectivity index (χ0) is 12.8. The molecule has 94 valence electrons. The Hall–Kier alpha value is -0.920. The van der Waals surface area contributed by atoms with Crippen LogP contribution in [-0.4, -0.2) is 0 Å². The molecule has 0 N–H and O–H groups in total. The second-order valence-corrected chi connectivity index (χ2v) is 5.65. The SMILES string of the molecule is CC(C)c1cc(C(C)C)c2c(c1)C(F)(F)CC2. The number of halogens is 2. The second-order valence-electron chi connectivity index (χ2n) is 5.65. The molecule has 1 aliphatic carbocycles. The predicted molar refractivity (Wildman–Crippen MR) is 66.8 cm³/mol. The van der Waals surface area contributed by atoms with E-state index in [1.54, 1.807) is 6.07 Å². The minimum Gasteiger partial charge on any atom is -0.201 e. The normalized spacial score (nSPS) is 17.9. The van der Waals surface area contributed by atoms with Gasteiger partial charge in [0.25, 0.3) is 5.92 Å². The van der Waals surface area contributed by atoms with E-state index in [2.05, 4.69) is 33.8 Å². The molecule has 1 aromatic carbocycles. The van der Waals surface area contributed by atoms with Crippen LogP contribution in [0.2, 0.25) is 0 Å². The first kappa shape index (κ1) is 12.5. The quantitative estimate of drug-likeness (QED) is 0.682. The molecular formula is C15H20F2. The number of alkyl halides is 2. The zero-order valence-electron chi connectivity index (χ0n) is 11.0. The van der Waals surface area contributed by atoms with Crippen molar-refractivity contribution in [3.8, 4) is 0 Å². The van der Waals surface area contributed by atoms with Crippen molar-refractivity contribution in [3.05, 3.63) is 34.4 Å². The van der Waals surface area contributed by atoms with Gasteiger partial charge in [-0.25, -0.2) is 8.78 Å². The third-order valence-electron chi connectivity index (χ3n) is 3.68. The van der Waals surface area contributed by atoms with Gasteiger partial charge in [-0.3, -0.25) is 0 Å². The fraction of sp³-hybridized carbons (Fsp3) is 0.600. The smallest absolute Gasteiger partial charge is 0.201 e. The fourth-order valence-electron chi connectivity index (χ4n) is 2.59. The van der Waals surface area contributed by atoms with Gasteiger partial charge in [0.15, 0.2) is 0 Å². The summed E-state index contributed by atoms with van der Waals surface area (Å²) in [7, 11) is 0. The Balaban J connectivity index is 2.63. The first-order valence-electron chi connectivity index (χ1n) is 6.38. The van der Waals surface area contributed by atoms with Crippen LogP contribution in [0.25, 0.3) is 0 Å². The van der Waals surface area contributed by atoms with Crippen molar-refractivity contribution in [2.45, 2.75) is 58.3 Å². The number of hydrogen-bond acceptors (Lipinski definition) is 0. The Morgan fingerprint density at radius 3 is 2.24 bits per heavy atom. The molecule has 0 saturated carbocycles. The van der Waals surface area contributed by atoms with E-state index in [1.165, 1.54) is 0 Å². The third-order valence-corrected chi connectivity index (χ3v) is 3.68. The second kappa shape index (κ2) is 4.08. The maximum atomic E-state index is 13.8. The largest absolute Gasteiger partial charge is 0.273 e. The topological polar surface area (TPSA) is 0 Å². The van der Waals surface area contributed by atoms with E-state index in [0.29, 0.717) is 18.3 Å². The lowest BCUT2D eigenvalue weighted by Crippen LogP contribution is -2.09. The highest BCUT2D eigenvalue weighted by atomic mass is 19.3. The van der Waals surface area contributed by atoms with Crippen LogP contribution in [0.4, 0.5) is 8.78 Å². The standard InChI is InChI=1S/C15H20F2/c1-9(2)11-7-13(10(3)4)12-5-6-15(16,17)14(12)8-11/h7-10H,5-6H2,1-4H3. The molecule has 0 unspecified atom stereocenters. The molecule has 17 heavy (non-hydrogen) atoms. The fourth-order valence-corrected chi connectivity index (χ4v) is 2.59. The summed E-state index contributed by atoms with van der Waals surface area (Å²) in [5, 5.41) is 0. The molecule has 0 bridgehead atoms. The third kappa shape index (κ3) is 2.10. The molecule has 0 atom stereocenters. The maximum absolute atomic E-state index is 13.8. The van der Waals surface area contributed by atoms with E-state index in [-0.39, 0.29) is 12.0 Å². The van der Waals surface area contributed by atoms with Crippen molar-refractivity contribution in [2.24, 2.45) is 0 Å². The van der Waals surface area contributed by atoms with E-state index in [1.807, 2.05) is 0 Å². The van der Waals surface area contributed by atoms with Crippen LogP contribution < -0.4 is 0 Å². The molecule has 0 fully saturated rings. The van der Waals surface area contributed by atoms with Crippen LogP contribution in [-0.2, 0) is 12.3 Å². The molecule has 2 rings (SSSR count). The summed E-state index contributed by atoms with van der Waals surface area (Å²) >= 11 is 0. The minimum absolute atomic E-state index is 0.0242. The summed E-state index contributed by atoms with van der Waals surface area (Å²) in [5.74, 6) is -2.00. The number of rotatable bonds is 2. The highest BCUT2D eigenvalue weighted by molar-refractivity contribution is 5.46. The summed E-state index contributed by atoms with van der Waals surface area (Å²) in [6, 6.07) is 3.84. The van der Waals surface area contributed by atoms with Gasteiger partial charge in [-0.1, -0.05) is 33.8 Å². The van der Waals surface area contributed by atoms with Crippen LogP contribution in [0, 0.1) is 0 Å². The molecule has 0 aliphatic heterocycles. The minimum atomic E-state index is -2.62. The summed E-state index contributed by atoms with van der Waals surface area (Å²) in [6.07, 6.45) is 0.498. The molecule has 2 heteroatoms. The first-order chi connectivity index (χ1) is 7.83. The number of hydrogen-bond donors (Lipinski definition) is 0. The van der Waals surface area contributed by atoms with Gasteiger partial charge in [0.1, 0.15) is 0 Å². The first-order valence-corrected chi connectivity index (χ1v) is 6.38. The van der Waals surface area contributed by atoms with Crippen molar-refractivity contribution in [1.29, 1.82) is 0 Å². The number of fused-ring (bicyclic) bond motifs is 1. The van der Waals surface area contributed by atoms with Crippen molar-refractivity contribution < 1.29 is 8.78 Å².